The average Bonchev–Trinajstić information content (AvgIpc) is 3.47. The van der Waals surface area contributed by atoms with E-state index in [9.17, 15) is 9.59 Å². The van der Waals surface area contributed by atoms with Crippen molar-refractivity contribution in [3.63, 3.8) is 0 Å². The molecule has 3 aromatic rings. The van der Waals surface area contributed by atoms with Crippen molar-refractivity contribution in [1.82, 2.24) is 4.90 Å². The molecule has 0 bridgehead atoms. The van der Waals surface area contributed by atoms with Crippen LogP contribution < -0.4 is 14.5 Å². The number of nitrogens with zero attached hydrogens (tertiary/aromatic N) is 3. The van der Waals surface area contributed by atoms with Crippen molar-refractivity contribution in [3.8, 4) is 5.75 Å². The van der Waals surface area contributed by atoms with E-state index in [4.69, 9.17) is 9.15 Å². The number of likely N-dealkylation sites (tertiary alicyclic amines) is 1. The molecule has 7 nitrogen and oxygen atoms in total. The van der Waals surface area contributed by atoms with E-state index in [-0.39, 0.29) is 18.2 Å². The van der Waals surface area contributed by atoms with Crippen LogP contribution in [-0.4, -0.2) is 44.5 Å². The highest BCUT2D eigenvalue weighted by Crippen LogP contribution is 2.28. The molecule has 1 saturated heterocycles. The fraction of sp³-hybridized carbons (Fsp3) is 0.308. The third-order valence-electron chi connectivity index (χ3n) is 5.93. The monoisotopic (exact) mass is 447 g/mol. The molecular weight excluding hydrogens is 418 g/mol. The standard InChI is InChI=1S/C26H29N3O4/c1-27(2)21-8-6-19(7-9-21)16-29(22-10-12-23(32-3)13-11-22)26(31)20-15-25(30)28(17-20)18-24-5-4-14-33-24/h4-14,20H,15-18H2,1-3H3. The van der Waals surface area contributed by atoms with Gasteiger partial charge in [-0.1, -0.05) is 12.1 Å². The molecule has 1 fully saturated rings. The smallest absolute Gasteiger partial charge is 0.232 e. The summed E-state index contributed by atoms with van der Waals surface area (Å²) in [4.78, 5) is 31.8. The number of hydrogen-bond donors (Lipinski definition) is 0. The van der Waals surface area contributed by atoms with Gasteiger partial charge in [0.15, 0.2) is 0 Å². The van der Waals surface area contributed by atoms with Crippen LogP contribution in [0.4, 0.5) is 11.4 Å². The lowest BCUT2D eigenvalue weighted by Gasteiger charge is -2.26. The Bertz CT molecular complexity index is 1080. The molecule has 4 rings (SSSR count). The summed E-state index contributed by atoms with van der Waals surface area (Å²) in [5, 5.41) is 0. The number of benzene rings is 2. The molecule has 1 unspecified atom stereocenters. The molecule has 1 aromatic heterocycles. The normalized spacial score (nSPS) is 15.5. The number of ether oxygens (including phenoxy) is 1. The van der Waals surface area contributed by atoms with E-state index >= 15 is 0 Å². The van der Waals surface area contributed by atoms with Gasteiger partial charge in [0.25, 0.3) is 0 Å². The Labute approximate surface area is 194 Å². The highest BCUT2D eigenvalue weighted by molar-refractivity contribution is 5.99. The Morgan fingerprint density at radius 1 is 1.06 bits per heavy atom. The first-order valence-corrected chi connectivity index (χ1v) is 11.0. The molecule has 2 aromatic carbocycles. The van der Waals surface area contributed by atoms with Crippen LogP contribution in [0.5, 0.6) is 5.75 Å². The highest BCUT2D eigenvalue weighted by Gasteiger charge is 2.37. The Kier molecular flexibility index (Phi) is 6.68. The van der Waals surface area contributed by atoms with Crippen molar-refractivity contribution in [2.24, 2.45) is 5.92 Å². The van der Waals surface area contributed by atoms with Gasteiger partial charge in [0.05, 0.1) is 32.4 Å². The quantitative estimate of drug-likeness (QED) is 0.523. The van der Waals surface area contributed by atoms with E-state index in [1.807, 2.05) is 73.6 Å². The van der Waals surface area contributed by atoms with E-state index in [2.05, 4.69) is 0 Å². The minimum Gasteiger partial charge on any atom is -0.497 e. The molecule has 2 amide bonds. The molecule has 1 aliphatic rings. The Morgan fingerprint density at radius 2 is 1.76 bits per heavy atom. The summed E-state index contributed by atoms with van der Waals surface area (Å²) < 4.78 is 10.7. The van der Waals surface area contributed by atoms with Gasteiger partial charge in [0, 0.05) is 38.4 Å². The molecule has 0 radical (unpaired) electrons. The summed E-state index contributed by atoms with van der Waals surface area (Å²) in [5.74, 6) is 0.934. The summed E-state index contributed by atoms with van der Waals surface area (Å²) in [6, 6.07) is 19.2. The van der Waals surface area contributed by atoms with Crippen LogP contribution in [0.1, 0.15) is 17.7 Å². The molecule has 0 N–H and O–H groups in total. The number of methoxy groups -OCH3 is 1. The van der Waals surface area contributed by atoms with Gasteiger partial charge in [0.2, 0.25) is 11.8 Å². The van der Waals surface area contributed by atoms with Gasteiger partial charge in [-0.15, -0.1) is 0 Å². The van der Waals surface area contributed by atoms with Gasteiger partial charge in [-0.05, 0) is 54.1 Å². The van der Waals surface area contributed by atoms with Crippen LogP contribution in [0.25, 0.3) is 0 Å². The van der Waals surface area contributed by atoms with Crippen LogP contribution in [0.3, 0.4) is 0 Å². The van der Waals surface area contributed by atoms with Crippen LogP contribution in [0.15, 0.2) is 71.3 Å². The van der Waals surface area contributed by atoms with Gasteiger partial charge in [0.1, 0.15) is 11.5 Å². The van der Waals surface area contributed by atoms with E-state index in [0.29, 0.717) is 25.4 Å². The summed E-state index contributed by atoms with van der Waals surface area (Å²) in [6.45, 7) is 1.18. The number of hydrogen-bond acceptors (Lipinski definition) is 5. The van der Waals surface area contributed by atoms with Crippen molar-refractivity contribution < 1.29 is 18.7 Å². The molecule has 0 saturated carbocycles. The summed E-state index contributed by atoms with van der Waals surface area (Å²) in [6.07, 6.45) is 1.79. The van der Waals surface area contributed by atoms with Crippen molar-refractivity contribution >= 4 is 23.2 Å². The van der Waals surface area contributed by atoms with E-state index in [1.165, 1.54) is 0 Å². The zero-order valence-corrected chi connectivity index (χ0v) is 19.2. The molecule has 0 aliphatic carbocycles. The van der Waals surface area contributed by atoms with Gasteiger partial charge < -0.3 is 23.9 Å². The first-order chi connectivity index (χ1) is 15.9. The number of carbonyl (C=O) groups excluding carboxylic acids is 2. The summed E-state index contributed by atoms with van der Waals surface area (Å²) >= 11 is 0. The zero-order chi connectivity index (χ0) is 23.4. The van der Waals surface area contributed by atoms with Gasteiger partial charge in [-0.2, -0.15) is 0 Å². The number of carbonyl (C=O) groups is 2. The van der Waals surface area contributed by atoms with Crippen LogP contribution in [0.2, 0.25) is 0 Å². The molecule has 2 heterocycles. The number of amides is 2. The molecule has 33 heavy (non-hydrogen) atoms. The first-order valence-electron chi connectivity index (χ1n) is 11.0. The Hall–Kier alpha value is -3.74. The lowest BCUT2D eigenvalue weighted by Crippen LogP contribution is -2.37. The predicted molar refractivity (Wildman–Crippen MR) is 127 cm³/mol. The maximum atomic E-state index is 13.7. The Balaban J connectivity index is 1.55. The molecule has 172 valence electrons. The Morgan fingerprint density at radius 3 is 2.36 bits per heavy atom. The van der Waals surface area contributed by atoms with Crippen molar-refractivity contribution in [2.75, 3.05) is 37.5 Å². The molecule has 7 heteroatoms. The van der Waals surface area contributed by atoms with E-state index in [0.717, 1.165) is 22.7 Å². The van der Waals surface area contributed by atoms with Crippen LogP contribution in [-0.2, 0) is 22.7 Å². The van der Waals surface area contributed by atoms with Gasteiger partial charge >= 0.3 is 0 Å². The minimum atomic E-state index is -0.407. The lowest BCUT2D eigenvalue weighted by atomic mass is 10.1. The van der Waals surface area contributed by atoms with Crippen molar-refractivity contribution in [1.29, 1.82) is 0 Å². The third-order valence-corrected chi connectivity index (χ3v) is 5.93. The van der Waals surface area contributed by atoms with Crippen LogP contribution in [0, 0.1) is 5.92 Å². The second-order valence-electron chi connectivity index (χ2n) is 8.44. The fourth-order valence-corrected chi connectivity index (χ4v) is 4.04. The number of anilines is 2. The predicted octanol–water partition coefficient (Wildman–Crippen LogP) is 3.94. The average molecular weight is 448 g/mol. The maximum Gasteiger partial charge on any atom is 0.232 e. The van der Waals surface area contributed by atoms with Crippen LogP contribution >= 0.6 is 0 Å². The van der Waals surface area contributed by atoms with Gasteiger partial charge in [-0.3, -0.25) is 9.59 Å². The highest BCUT2D eigenvalue weighted by atomic mass is 16.5. The van der Waals surface area contributed by atoms with Crippen molar-refractivity contribution in [2.45, 2.75) is 19.5 Å². The molecule has 1 aliphatic heterocycles. The summed E-state index contributed by atoms with van der Waals surface area (Å²) in [5.41, 5.74) is 2.88. The fourth-order valence-electron chi connectivity index (χ4n) is 4.04. The topological polar surface area (TPSA) is 66.2 Å². The number of furan rings is 1. The molecule has 1 atom stereocenters. The zero-order valence-electron chi connectivity index (χ0n) is 19.2. The SMILES string of the molecule is COc1ccc(N(Cc2ccc(N(C)C)cc2)C(=O)C2CC(=O)N(Cc3ccco3)C2)cc1. The number of rotatable bonds is 8. The van der Waals surface area contributed by atoms with Gasteiger partial charge in [-0.25, -0.2) is 0 Å². The molecule has 0 spiro atoms. The molecular formula is C26H29N3O4. The third kappa shape index (κ3) is 5.19. The lowest BCUT2D eigenvalue weighted by molar-refractivity contribution is -0.129. The second-order valence-corrected chi connectivity index (χ2v) is 8.44. The van der Waals surface area contributed by atoms with Crippen molar-refractivity contribution in [3.05, 3.63) is 78.3 Å². The summed E-state index contributed by atoms with van der Waals surface area (Å²) in [7, 11) is 5.60. The van der Waals surface area contributed by atoms with E-state index < -0.39 is 5.92 Å². The minimum absolute atomic E-state index is 0.0326. The van der Waals surface area contributed by atoms with E-state index in [1.54, 1.807) is 29.2 Å². The maximum absolute atomic E-state index is 13.7. The first kappa shape index (κ1) is 22.5. The largest absolute Gasteiger partial charge is 0.497 e. The second kappa shape index (κ2) is 9.81.